The average molecular weight is 453 g/mol. The summed E-state index contributed by atoms with van der Waals surface area (Å²) in [5.41, 5.74) is 2.78. The maximum atomic E-state index is 12.3. The predicted molar refractivity (Wildman–Crippen MR) is 115 cm³/mol. The van der Waals surface area contributed by atoms with Crippen LogP contribution in [-0.2, 0) is 11.8 Å². The summed E-state index contributed by atoms with van der Waals surface area (Å²) in [5.74, 6) is -0.219. The second-order valence-electron chi connectivity index (χ2n) is 5.92. The third-order valence-electron chi connectivity index (χ3n) is 4.09. The van der Waals surface area contributed by atoms with E-state index in [-0.39, 0.29) is 21.7 Å². The Kier molecular flexibility index (Phi) is 5.33. The lowest BCUT2D eigenvalue weighted by Crippen LogP contribution is -2.15. The van der Waals surface area contributed by atoms with Gasteiger partial charge in [0.2, 0.25) is 11.1 Å². The fourth-order valence-corrected chi connectivity index (χ4v) is 4.31. The van der Waals surface area contributed by atoms with Gasteiger partial charge in [0.15, 0.2) is 5.65 Å². The molecule has 0 saturated heterocycles. The number of para-hydroxylation sites is 1. The largest absolute Gasteiger partial charge is 0.327 e. The third-order valence-corrected chi connectivity index (χ3v) is 5.74. The third kappa shape index (κ3) is 3.63. The minimum atomic E-state index is -0.295. The van der Waals surface area contributed by atoms with E-state index in [1.807, 2.05) is 35.9 Å². The molecule has 1 amide bonds. The van der Waals surface area contributed by atoms with Crippen molar-refractivity contribution in [3.63, 3.8) is 0 Å². The van der Waals surface area contributed by atoms with Gasteiger partial charge in [-0.2, -0.15) is 0 Å². The Labute approximate surface area is 179 Å². The maximum Gasteiger partial charge on any atom is 0.234 e. The van der Waals surface area contributed by atoms with Gasteiger partial charge in [0.05, 0.1) is 27.0 Å². The van der Waals surface area contributed by atoms with Gasteiger partial charge in [0.1, 0.15) is 5.52 Å². The number of aromatic nitrogens is 4. The van der Waals surface area contributed by atoms with Gasteiger partial charge in [-0.25, -0.2) is 4.98 Å². The van der Waals surface area contributed by atoms with Crippen molar-refractivity contribution in [2.75, 3.05) is 11.1 Å². The first-order valence-corrected chi connectivity index (χ1v) is 10.2. The number of nitrogens with one attached hydrogen (secondary N) is 1. The summed E-state index contributed by atoms with van der Waals surface area (Å²) in [4.78, 5) is 16.8. The van der Waals surface area contributed by atoms with Crippen LogP contribution in [0.1, 0.15) is 0 Å². The molecule has 1 N–H and O–H groups in total. The number of thioether (sulfide) groups is 1. The first-order valence-electron chi connectivity index (χ1n) is 8.09. The van der Waals surface area contributed by atoms with E-state index in [1.165, 1.54) is 23.9 Å². The number of benzene rings is 2. The van der Waals surface area contributed by atoms with Crippen molar-refractivity contribution in [3.05, 3.63) is 51.5 Å². The van der Waals surface area contributed by atoms with E-state index in [1.54, 1.807) is 0 Å². The first-order chi connectivity index (χ1) is 13.4. The molecule has 10 heteroatoms. The lowest BCUT2D eigenvalue weighted by atomic mass is 10.2. The highest BCUT2D eigenvalue weighted by molar-refractivity contribution is 7.99. The fraction of sp³-hybridized carbons (Fsp3) is 0.111. The predicted octanol–water partition coefficient (Wildman–Crippen LogP) is 5.21. The highest BCUT2D eigenvalue weighted by Gasteiger charge is 2.15. The minimum Gasteiger partial charge on any atom is -0.327 e. The number of anilines is 1. The zero-order valence-electron chi connectivity index (χ0n) is 14.4. The fourth-order valence-electron chi connectivity index (χ4n) is 2.82. The van der Waals surface area contributed by atoms with Crippen molar-refractivity contribution in [2.45, 2.75) is 5.16 Å². The monoisotopic (exact) mass is 451 g/mol. The summed E-state index contributed by atoms with van der Waals surface area (Å²) in [6.07, 6.45) is 0. The molecule has 0 saturated carbocycles. The van der Waals surface area contributed by atoms with Crippen molar-refractivity contribution >= 4 is 80.2 Å². The van der Waals surface area contributed by atoms with Crippen LogP contribution in [0.25, 0.3) is 22.1 Å². The molecule has 0 spiro atoms. The molecule has 6 nitrogen and oxygen atoms in total. The van der Waals surface area contributed by atoms with E-state index in [2.05, 4.69) is 20.5 Å². The number of amides is 1. The summed E-state index contributed by atoms with van der Waals surface area (Å²) >= 11 is 19.2. The van der Waals surface area contributed by atoms with Gasteiger partial charge in [-0.15, -0.1) is 10.2 Å². The van der Waals surface area contributed by atoms with Crippen LogP contribution in [0.15, 0.2) is 41.6 Å². The molecule has 0 atom stereocenters. The first kappa shape index (κ1) is 19.3. The summed E-state index contributed by atoms with van der Waals surface area (Å²) in [5, 5.41) is 13.4. The number of fused-ring (bicyclic) bond motifs is 3. The second kappa shape index (κ2) is 7.75. The highest BCUT2D eigenvalue weighted by Crippen LogP contribution is 2.34. The molecule has 142 valence electrons. The van der Waals surface area contributed by atoms with Crippen molar-refractivity contribution in [1.82, 2.24) is 19.7 Å². The second-order valence-corrected chi connectivity index (χ2v) is 8.12. The smallest absolute Gasteiger partial charge is 0.234 e. The Bertz CT molecular complexity index is 1200. The zero-order valence-corrected chi connectivity index (χ0v) is 17.5. The molecule has 0 unspecified atom stereocenters. The van der Waals surface area contributed by atoms with Gasteiger partial charge < -0.3 is 9.88 Å². The molecule has 0 aliphatic rings. The molecular weight excluding hydrogens is 441 g/mol. The number of aryl methyl sites for hydroxylation is 1. The molecule has 0 fully saturated rings. The molecular formula is C18H12Cl3N5OS. The molecule has 2 heterocycles. The summed E-state index contributed by atoms with van der Waals surface area (Å²) in [6, 6.07) is 10.9. The molecule has 4 aromatic rings. The molecule has 2 aromatic carbocycles. The Morgan fingerprint density at radius 1 is 1.14 bits per heavy atom. The summed E-state index contributed by atoms with van der Waals surface area (Å²) in [7, 11) is 1.92. The number of hydrogen-bond donors (Lipinski definition) is 1. The Morgan fingerprint density at radius 3 is 2.61 bits per heavy atom. The highest BCUT2D eigenvalue weighted by atomic mass is 35.5. The van der Waals surface area contributed by atoms with Gasteiger partial charge in [-0.1, -0.05) is 64.8 Å². The van der Waals surface area contributed by atoms with Crippen LogP contribution in [0.2, 0.25) is 15.1 Å². The molecule has 2 aromatic heterocycles. The Morgan fingerprint density at radius 2 is 1.86 bits per heavy atom. The number of nitrogens with zero attached hydrogens (tertiary/aromatic N) is 4. The average Bonchev–Trinajstić information content (AvgIpc) is 2.95. The summed E-state index contributed by atoms with van der Waals surface area (Å²) in [6.45, 7) is 0. The number of carbonyl (C=O) groups is 1. The van der Waals surface area contributed by atoms with Crippen LogP contribution in [0.5, 0.6) is 0 Å². The van der Waals surface area contributed by atoms with Gasteiger partial charge in [-0.05, 0) is 18.2 Å². The maximum absolute atomic E-state index is 12.3. The molecule has 0 bridgehead atoms. The number of hydrogen-bond acceptors (Lipinski definition) is 5. The van der Waals surface area contributed by atoms with E-state index >= 15 is 0 Å². The minimum absolute atomic E-state index is 0.0758. The number of rotatable bonds is 4. The van der Waals surface area contributed by atoms with Crippen molar-refractivity contribution in [2.24, 2.45) is 7.05 Å². The molecule has 28 heavy (non-hydrogen) atoms. The standard InChI is InChI=1S/C18H12Cl3N5OS/c1-26-13-5-3-2-4-10(13)15-17(26)23-18(25-24-15)28-8-14(27)22-16-11(20)6-9(19)7-12(16)21/h2-7H,8H2,1H3,(H,22,27). The molecule has 0 aliphatic heterocycles. The van der Waals surface area contributed by atoms with E-state index < -0.39 is 0 Å². The van der Waals surface area contributed by atoms with E-state index in [0.29, 0.717) is 21.5 Å². The lowest BCUT2D eigenvalue weighted by molar-refractivity contribution is -0.113. The van der Waals surface area contributed by atoms with Crippen LogP contribution in [-0.4, -0.2) is 31.4 Å². The van der Waals surface area contributed by atoms with Crippen molar-refractivity contribution < 1.29 is 4.79 Å². The molecule has 0 radical (unpaired) electrons. The zero-order chi connectivity index (χ0) is 19.8. The normalized spacial score (nSPS) is 11.3. The van der Waals surface area contributed by atoms with Crippen molar-refractivity contribution in [3.8, 4) is 0 Å². The summed E-state index contributed by atoms with van der Waals surface area (Å²) < 4.78 is 1.96. The Hall–Kier alpha value is -2.06. The molecule has 0 aliphatic carbocycles. The van der Waals surface area contributed by atoms with Crippen LogP contribution in [0.3, 0.4) is 0 Å². The number of halogens is 3. The SMILES string of the molecule is Cn1c2ccccc2c2nnc(SCC(=O)Nc3c(Cl)cc(Cl)cc3Cl)nc21. The van der Waals surface area contributed by atoms with Gasteiger partial charge in [0, 0.05) is 17.5 Å². The van der Waals surface area contributed by atoms with E-state index in [4.69, 9.17) is 34.8 Å². The van der Waals surface area contributed by atoms with Crippen LogP contribution in [0.4, 0.5) is 5.69 Å². The van der Waals surface area contributed by atoms with Crippen LogP contribution >= 0.6 is 46.6 Å². The molecule has 4 rings (SSSR count). The van der Waals surface area contributed by atoms with Gasteiger partial charge in [-0.3, -0.25) is 4.79 Å². The van der Waals surface area contributed by atoms with E-state index in [0.717, 1.165) is 16.4 Å². The topological polar surface area (TPSA) is 72.7 Å². The van der Waals surface area contributed by atoms with Gasteiger partial charge >= 0.3 is 0 Å². The van der Waals surface area contributed by atoms with Crippen LogP contribution < -0.4 is 5.32 Å². The van der Waals surface area contributed by atoms with Gasteiger partial charge in [0.25, 0.3) is 0 Å². The van der Waals surface area contributed by atoms with Crippen molar-refractivity contribution in [1.29, 1.82) is 0 Å². The Balaban J connectivity index is 1.52. The number of carbonyl (C=O) groups excluding carboxylic acids is 1. The van der Waals surface area contributed by atoms with E-state index in [9.17, 15) is 4.79 Å². The quantitative estimate of drug-likeness (QED) is 0.430. The lowest BCUT2D eigenvalue weighted by Gasteiger charge is -2.09. The van der Waals surface area contributed by atoms with Crippen LogP contribution in [0, 0.1) is 0 Å².